The maximum Gasteiger partial charge on any atom is 0.522 e. The number of benzene rings is 1. The van der Waals surface area contributed by atoms with Gasteiger partial charge in [-0.25, -0.2) is 4.39 Å². The fraction of sp³-hybridized carbons (Fsp3) is 0.550. The van der Waals surface area contributed by atoms with Gasteiger partial charge in [-0.2, -0.15) is 0 Å². The Hall–Kier alpha value is -2.69. The van der Waals surface area contributed by atoms with Crippen LogP contribution in [-0.2, 0) is 14.9 Å². The Kier molecular flexibility index (Phi) is 4.51. The molecule has 4 aliphatic carbocycles. The largest absolute Gasteiger partial charge is 0.522 e. The molecule has 1 amide bonds. The number of carbonyl (C=O) groups is 1. The van der Waals surface area contributed by atoms with E-state index in [2.05, 4.69) is 20.3 Å². The number of nitrogens with zero attached hydrogens (tertiary/aromatic N) is 2. The van der Waals surface area contributed by atoms with Crippen molar-refractivity contribution < 1.29 is 36.2 Å². The average Bonchev–Trinajstić information content (AvgIpc) is 3.07. The maximum absolute atomic E-state index is 12.9. The quantitative estimate of drug-likeness (QED) is 0.664. The summed E-state index contributed by atoms with van der Waals surface area (Å²) in [5, 5.41) is 11.1. The molecule has 1 heterocycles. The van der Waals surface area contributed by atoms with Crippen molar-refractivity contribution in [1.29, 1.82) is 0 Å². The molecule has 0 saturated heterocycles. The second kappa shape index (κ2) is 6.91. The number of ether oxygens (including phenoxy) is 2. The van der Waals surface area contributed by atoms with Gasteiger partial charge in [0, 0.05) is 11.5 Å². The van der Waals surface area contributed by atoms with Gasteiger partial charge in [0.2, 0.25) is 11.8 Å². The molecule has 4 aliphatic rings. The lowest BCUT2D eigenvalue weighted by Crippen LogP contribution is -2.77. The summed E-state index contributed by atoms with van der Waals surface area (Å²) in [5.74, 6) is 0.343. The molecule has 0 atom stereocenters. The zero-order valence-electron chi connectivity index (χ0n) is 16.2. The topological polar surface area (TPSA) is 86.5 Å². The van der Waals surface area contributed by atoms with Gasteiger partial charge in [-0.3, -0.25) is 9.53 Å². The van der Waals surface area contributed by atoms with Gasteiger partial charge in [-0.15, -0.1) is 23.4 Å². The number of rotatable bonds is 7. The van der Waals surface area contributed by atoms with E-state index in [1.54, 1.807) is 0 Å². The smallest absolute Gasteiger partial charge is 0.484 e. The minimum Gasteiger partial charge on any atom is -0.484 e. The first-order valence-corrected chi connectivity index (χ1v) is 9.92. The van der Waals surface area contributed by atoms with Crippen LogP contribution < -0.4 is 10.1 Å². The number of hydrogen-bond acceptors (Lipinski definition) is 6. The Labute approximate surface area is 174 Å². The number of amides is 1. The van der Waals surface area contributed by atoms with E-state index in [0.29, 0.717) is 36.8 Å². The first-order chi connectivity index (χ1) is 14.6. The third-order valence-electron chi connectivity index (χ3n) is 6.26. The van der Waals surface area contributed by atoms with E-state index >= 15 is 0 Å². The monoisotopic (exact) mass is 441 g/mol. The lowest BCUT2D eigenvalue weighted by atomic mass is 9.39. The van der Waals surface area contributed by atoms with Gasteiger partial charge < -0.3 is 14.5 Å². The van der Waals surface area contributed by atoms with E-state index in [0.717, 1.165) is 0 Å². The van der Waals surface area contributed by atoms with E-state index < -0.39 is 12.5 Å². The molecular weight excluding hydrogens is 422 g/mol. The van der Waals surface area contributed by atoms with Crippen LogP contribution in [0, 0.1) is 5.82 Å². The van der Waals surface area contributed by atoms with Gasteiger partial charge in [0.05, 0.1) is 11.5 Å². The van der Waals surface area contributed by atoms with Crippen LogP contribution in [0.1, 0.15) is 49.8 Å². The van der Waals surface area contributed by atoms with Gasteiger partial charge in [-0.1, -0.05) is 0 Å². The molecule has 7 nitrogen and oxygen atoms in total. The van der Waals surface area contributed by atoms with Crippen LogP contribution in [0.5, 0.6) is 5.75 Å². The van der Waals surface area contributed by atoms with Crippen LogP contribution in [0.4, 0.5) is 17.6 Å². The minimum atomic E-state index is -4.63. The number of halogens is 4. The van der Waals surface area contributed by atoms with Gasteiger partial charge in [0.1, 0.15) is 11.6 Å². The highest BCUT2D eigenvalue weighted by Crippen LogP contribution is 2.67. The minimum absolute atomic E-state index is 0.173. The third kappa shape index (κ3) is 3.86. The first-order valence-electron chi connectivity index (χ1n) is 9.92. The summed E-state index contributed by atoms with van der Waals surface area (Å²) >= 11 is 0. The van der Waals surface area contributed by atoms with Gasteiger partial charge in [0.15, 0.2) is 6.61 Å². The summed E-state index contributed by atoms with van der Waals surface area (Å²) in [5.41, 5.74) is -0.595. The lowest BCUT2D eigenvalue weighted by Gasteiger charge is -2.68. The number of hydrogen-bond donors (Lipinski definition) is 1. The Morgan fingerprint density at radius 2 is 1.84 bits per heavy atom. The summed E-state index contributed by atoms with van der Waals surface area (Å²) < 4.78 is 64.7. The molecule has 1 aromatic heterocycles. The van der Waals surface area contributed by atoms with Crippen LogP contribution in [0.25, 0.3) is 0 Å². The Morgan fingerprint density at radius 3 is 2.48 bits per heavy atom. The second-order valence-electron chi connectivity index (χ2n) is 8.68. The van der Waals surface area contributed by atoms with Crippen molar-refractivity contribution in [3.8, 4) is 5.75 Å². The molecule has 4 fully saturated rings. The molecule has 166 valence electrons. The summed E-state index contributed by atoms with van der Waals surface area (Å²) in [6.45, 7) is -0.173. The molecule has 0 spiro atoms. The van der Waals surface area contributed by atoms with E-state index in [-0.39, 0.29) is 48.0 Å². The number of alkyl halides is 3. The number of aromatic nitrogens is 2. The standard InChI is InChI=1S/C20H19F4N3O4/c21-12-1-3-13(4-2-12)29-7-15(28)25-19-8-18(9-19,10-19)17-27-26-16(30-17)11-5-14(6-11)31-20(22,23)24/h1-4,11,14H,5-10H2,(H,25,28). The Balaban J connectivity index is 1.08. The van der Waals surface area contributed by atoms with E-state index in [1.165, 1.54) is 24.3 Å². The molecule has 1 aromatic carbocycles. The highest BCUT2D eigenvalue weighted by Gasteiger charge is 2.72. The fourth-order valence-electron chi connectivity index (χ4n) is 4.83. The van der Waals surface area contributed by atoms with Crippen LogP contribution in [0.2, 0.25) is 0 Å². The molecule has 6 rings (SSSR count). The van der Waals surface area contributed by atoms with Gasteiger partial charge in [0.25, 0.3) is 5.91 Å². The molecule has 2 bridgehead atoms. The lowest BCUT2D eigenvalue weighted by molar-refractivity contribution is -0.352. The average molecular weight is 441 g/mol. The normalized spacial score (nSPS) is 31.2. The van der Waals surface area contributed by atoms with Crippen LogP contribution >= 0.6 is 0 Å². The summed E-state index contributed by atoms with van der Waals surface area (Å²) in [4.78, 5) is 12.2. The summed E-state index contributed by atoms with van der Waals surface area (Å²) in [7, 11) is 0. The van der Waals surface area contributed by atoms with E-state index in [4.69, 9.17) is 9.15 Å². The second-order valence-corrected chi connectivity index (χ2v) is 8.68. The number of nitrogens with one attached hydrogen (secondary N) is 1. The highest BCUT2D eigenvalue weighted by molar-refractivity contribution is 5.79. The Bertz CT molecular complexity index is 965. The van der Waals surface area contributed by atoms with Crippen molar-refractivity contribution in [1.82, 2.24) is 15.5 Å². The van der Waals surface area contributed by atoms with Crippen molar-refractivity contribution in [2.24, 2.45) is 0 Å². The third-order valence-corrected chi connectivity index (χ3v) is 6.26. The SMILES string of the molecule is O=C(COc1ccc(F)cc1)NC12CC(c3nnc(C4CC(OC(F)(F)F)C4)o3)(C1)C2. The van der Waals surface area contributed by atoms with Crippen molar-refractivity contribution in [3.05, 3.63) is 41.9 Å². The van der Waals surface area contributed by atoms with Crippen LogP contribution in [0.15, 0.2) is 28.7 Å². The van der Waals surface area contributed by atoms with Crippen molar-refractivity contribution in [3.63, 3.8) is 0 Å². The molecule has 31 heavy (non-hydrogen) atoms. The highest BCUT2D eigenvalue weighted by atomic mass is 19.4. The molecule has 11 heteroatoms. The molecule has 2 aromatic rings. The zero-order valence-corrected chi connectivity index (χ0v) is 16.2. The molecular formula is C20H19F4N3O4. The molecule has 4 saturated carbocycles. The maximum atomic E-state index is 12.9. The zero-order chi connectivity index (χ0) is 21.9. The molecule has 0 radical (unpaired) electrons. The predicted molar refractivity (Wildman–Crippen MR) is 95.5 cm³/mol. The van der Waals surface area contributed by atoms with Crippen molar-refractivity contribution in [2.75, 3.05) is 6.61 Å². The first kappa shape index (κ1) is 20.2. The number of carbonyl (C=O) groups excluding carboxylic acids is 1. The van der Waals surface area contributed by atoms with E-state index in [9.17, 15) is 22.4 Å². The Morgan fingerprint density at radius 1 is 1.16 bits per heavy atom. The van der Waals surface area contributed by atoms with Crippen molar-refractivity contribution >= 4 is 5.91 Å². The molecule has 0 unspecified atom stereocenters. The van der Waals surface area contributed by atoms with Crippen molar-refractivity contribution in [2.45, 2.75) is 61.4 Å². The summed E-state index contributed by atoms with van der Waals surface area (Å²) in [6, 6.07) is 5.41. The molecule has 0 aliphatic heterocycles. The van der Waals surface area contributed by atoms with Gasteiger partial charge >= 0.3 is 6.36 Å². The fourth-order valence-corrected chi connectivity index (χ4v) is 4.83. The van der Waals surface area contributed by atoms with E-state index in [1.807, 2.05) is 0 Å². The molecule has 1 N–H and O–H groups in total. The van der Waals surface area contributed by atoms with Crippen LogP contribution in [-0.4, -0.2) is 40.7 Å². The van der Waals surface area contributed by atoms with Gasteiger partial charge in [-0.05, 0) is 56.4 Å². The predicted octanol–water partition coefficient (Wildman–Crippen LogP) is 3.36. The summed E-state index contributed by atoms with van der Waals surface area (Å²) in [6.07, 6.45) is -3.13. The van der Waals surface area contributed by atoms with Crippen LogP contribution in [0.3, 0.4) is 0 Å².